The van der Waals surface area contributed by atoms with Gasteiger partial charge < -0.3 is 15.5 Å². The van der Waals surface area contributed by atoms with Crippen LogP contribution in [0.25, 0.3) is 10.8 Å². The van der Waals surface area contributed by atoms with Crippen molar-refractivity contribution in [1.29, 1.82) is 0 Å². The van der Waals surface area contributed by atoms with E-state index in [0.29, 0.717) is 48.0 Å². The molecule has 2 aliphatic rings. The van der Waals surface area contributed by atoms with Gasteiger partial charge in [0, 0.05) is 41.2 Å². The van der Waals surface area contributed by atoms with Gasteiger partial charge in [-0.1, -0.05) is 42.5 Å². The summed E-state index contributed by atoms with van der Waals surface area (Å²) in [5.74, 6) is -0.126. The third-order valence-electron chi connectivity index (χ3n) is 7.30. The molecule has 5 rings (SSSR count). The second-order valence-electron chi connectivity index (χ2n) is 9.80. The van der Waals surface area contributed by atoms with Gasteiger partial charge in [0.2, 0.25) is 15.9 Å². The Morgan fingerprint density at radius 1 is 0.919 bits per heavy atom. The molecule has 9 heteroatoms. The number of amides is 2. The molecular formula is C28H32N4O4S. The molecule has 3 N–H and O–H groups in total. The maximum absolute atomic E-state index is 13.4. The van der Waals surface area contributed by atoms with Crippen molar-refractivity contribution in [3.63, 3.8) is 0 Å². The normalized spacial score (nSPS) is 18.7. The van der Waals surface area contributed by atoms with E-state index in [-0.39, 0.29) is 28.8 Å². The van der Waals surface area contributed by atoms with Crippen LogP contribution in [0.4, 0.5) is 5.69 Å². The summed E-state index contributed by atoms with van der Waals surface area (Å²) in [6.07, 6.45) is 3.01. The second kappa shape index (κ2) is 10.6. The number of carbonyl (C=O) groups excluding carboxylic acids is 2. The van der Waals surface area contributed by atoms with E-state index in [2.05, 4.69) is 15.4 Å². The van der Waals surface area contributed by atoms with E-state index in [9.17, 15) is 18.0 Å². The lowest BCUT2D eigenvalue weighted by Gasteiger charge is -2.33. The zero-order valence-corrected chi connectivity index (χ0v) is 21.7. The third-order valence-corrected chi connectivity index (χ3v) is 8.88. The van der Waals surface area contributed by atoms with Crippen LogP contribution >= 0.6 is 0 Å². The standard InChI is InChI=1S/C28H32N4O4S/c1-19-7-2-3-8-21(19)27(33)30-24-11-4-10-23-22(24)9-5-13-26(23)37(35,36)31-20-14-17-32(18-15-20)28(34)25-12-6-16-29-25/h2-5,7-11,13,20,25,29,31H,6,12,14-18H2,1H3,(H,30,33)/t25-/m1/s1. The van der Waals surface area contributed by atoms with Gasteiger partial charge in [-0.2, -0.15) is 0 Å². The van der Waals surface area contributed by atoms with Crippen molar-refractivity contribution in [3.05, 3.63) is 71.8 Å². The van der Waals surface area contributed by atoms with Crippen LogP contribution in [0.15, 0.2) is 65.6 Å². The number of nitrogens with one attached hydrogen (secondary N) is 3. The minimum atomic E-state index is -3.82. The average molecular weight is 521 g/mol. The fourth-order valence-electron chi connectivity index (χ4n) is 5.26. The molecule has 1 atom stereocenters. The Hall–Kier alpha value is -3.27. The van der Waals surface area contributed by atoms with Crippen LogP contribution in [0.2, 0.25) is 0 Å². The molecule has 0 spiro atoms. The minimum Gasteiger partial charge on any atom is -0.341 e. The van der Waals surface area contributed by atoms with Gasteiger partial charge in [0.25, 0.3) is 5.91 Å². The van der Waals surface area contributed by atoms with E-state index in [1.54, 1.807) is 36.4 Å². The summed E-state index contributed by atoms with van der Waals surface area (Å²) in [4.78, 5) is 27.6. The molecule has 37 heavy (non-hydrogen) atoms. The number of nitrogens with zero attached hydrogens (tertiary/aromatic N) is 1. The van der Waals surface area contributed by atoms with Crippen LogP contribution in [0, 0.1) is 6.92 Å². The maximum Gasteiger partial charge on any atom is 0.255 e. The van der Waals surface area contributed by atoms with Crippen molar-refractivity contribution in [1.82, 2.24) is 14.9 Å². The zero-order valence-electron chi connectivity index (χ0n) is 20.9. The number of piperidine rings is 1. The van der Waals surface area contributed by atoms with Crippen molar-refractivity contribution < 1.29 is 18.0 Å². The quantitative estimate of drug-likeness (QED) is 0.462. The maximum atomic E-state index is 13.4. The Bertz CT molecular complexity index is 1430. The van der Waals surface area contributed by atoms with Gasteiger partial charge in [-0.15, -0.1) is 0 Å². The summed E-state index contributed by atoms with van der Waals surface area (Å²) in [7, 11) is -3.82. The molecular weight excluding hydrogens is 488 g/mol. The lowest BCUT2D eigenvalue weighted by atomic mass is 10.0. The van der Waals surface area contributed by atoms with E-state index in [1.165, 1.54) is 0 Å². The molecule has 0 bridgehead atoms. The van der Waals surface area contributed by atoms with Crippen LogP contribution in [0.1, 0.15) is 41.6 Å². The number of rotatable bonds is 6. The van der Waals surface area contributed by atoms with Gasteiger partial charge in [-0.3, -0.25) is 9.59 Å². The molecule has 2 fully saturated rings. The molecule has 0 saturated carbocycles. The molecule has 2 saturated heterocycles. The van der Waals surface area contributed by atoms with Gasteiger partial charge in [-0.05, 0) is 62.9 Å². The Kier molecular flexibility index (Phi) is 7.28. The number of sulfonamides is 1. The number of benzene rings is 3. The van der Waals surface area contributed by atoms with Gasteiger partial charge in [-0.25, -0.2) is 13.1 Å². The van der Waals surface area contributed by atoms with Crippen LogP contribution in [-0.4, -0.2) is 56.9 Å². The van der Waals surface area contributed by atoms with Crippen molar-refractivity contribution in [3.8, 4) is 0 Å². The fourth-order valence-corrected chi connectivity index (χ4v) is 6.78. The molecule has 2 aliphatic heterocycles. The van der Waals surface area contributed by atoms with Crippen molar-refractivity contribution in [2.24, 2.45) is 0 Å². The fraction of sp³-hybridized carbons (Fsp3) is 0.357. The number of anilines is 1. The van der Waals surface area contributed by atoms with Crippen LogP contribution in [0.5, 0.6) is 0 Å². The molecule has 0 aromatic heterocycles. The Morgan fingerprint density at radius 3 is 2.38 bits per heavy atom. The Morgan fingerprint density at radius 2 is 1.65 bits per heavy atom. The first-order valence-corrected chi connectivity index (χ1v) is 14.2. The first-order chi connectivity index (χ1) is 17.8. The highest BCUT2D eigenvalue weighted by Gasteiger charge is 2.31. The first kappa shape index (κ1) is 25.4. The van der Waals surface area contributed by atoms with Gasteiger partial charge in [0.15, 0.2) is 0 Å². The monoisotopic (exact) mass is 520 g/mol. The Balaban J connectivity index is 1.32. The molecule has 3 aromatic rings. The molecule has 0 unspecified atom stereocenters. The number of aryl methyl sites for hydroxylation is 1. The highest BCUT2D eigenvalue weighted by Crippen LogP contribution is 2.30. The lowest BCUT2D eigenvalue weighted by molar-refractivity contribution is -0.134. The van der Waals surface area contributed by atoms with Crippen molar-refractivity contribution in [2.45, 2.75) is 49.6 Å². The molecule has 2 amide bonds. The smallest absolute Gasteiger partial charge is 0.255 e. The number of likely N-dealkylation sites (tertiary alicyclic amines) is 1. The molecule has 194 valence electrons. The predicted molar refractivity (Wildman–Crippen MR) is 144 cm³/mol. The first-order valence-electron chi connectivity index (χ1n) is 12.8. The molecule has 0 aliphatic carbocycles. The predicted octanol–water partition coefficient (Wildman–Crippen LogP) is 3.42. The van der Waals surface area contributed by atoms with Crippen molar-refractivity contribution in [2.75, 3.05) is 25.0 Å². The number of fused-ring (bicyclic) bond motifs is 1. The lowest BCUT2D eigenvalue weighted by Crippen LogP contribution is -2.50. The summed E-state index contributed by atoms with van der Waals surface area (Å²) in [5, 5.41) is 7.37. The summed E-state index contributed by atoms with van der Waals surface area (Å²) in [5.41, 5.74) is 1.98. The number of hydrogen-bond acceptors (Lipinski definition) is 5. The second-order valence-corrected chi connectivity index (χ2v) is 11.5. The highest BCUT2D eigenvalue weighted by molar-refractivity contribution is 7.89. The number of carbonyl (C=O) groups is 2. The minimum absolute atomic E-state index is 0.107. The van der Waals surface area contributed by atoms with E-state index in [1.807, 2.05) is 36.1 Å². The van der Waals surface area contributed by atoms with Gasteiger partial charge in [0.05, 0.1) is 10.9 Å². The third kappa shape index (κ3) is 5.39. The summed E-state index contributed by atoms with van der Waals surface area (Å²) < 4.78 is 29.8. The van der Waals surface area contributed by atoms with Gasteiger partial charge >= 0.3 is 0 Å². The molecule has 3 aromatic carbocycles. The SMILES string of the molecule is Cc1ccccc1C(=O)Nc1cccc2c(S(=O)(=O)NC3CCN(C(=O)[C@H]4CCCN4)CC3)cccc12. The Labute approximate surface area is 217 Å². The number of hydrogen-bond donors (Lipinski definition) is 3. The average Bonchev–Trinajstić information content (AvgIpc) is 3.44. The molecule has 0 radical (unpaired) electrons. The molecule has 2 heterocycles. The topological polar surface area (TPSA) is 108 Å². The summed E-state index contributed by atoms with van der Waals surface area (Å²) in [6.45, 7) is 3.82. The summed E-state index contributed by atoms with van der Waals surface area (Å²) >= 11 is 0. The van der Waals surface area contributed by atoms with Crippen molar-refractivity contribution >= 4 is 38.3 Å². The van der Waals surface area contributed by atoms with E-state index in [0.717, 1.165) is 24.9 Å². The van der Waals surface area contributed by atoms with E-state index >= 15 is 0 Å². The van der Waals surface area contributed by atoms with Gasteiger partial charge in [0.1, 0.15) is 0 Å². The van der Waals surface area contributed by atoms with E-state index in [4.69, 9.17) is 0 Å². The molecule has 8 nitrogen and oxygen atoms in total. The van der Waals surface area contributed by atoms with Crippen LogP contribution < -0.4 is 15.4 Å². The highest BCUT2D eigenvalue weighted by atomic mass is 32.2. The zero-order chi connectivity index (χ0) is 26.0. The van der Waals surface area contributed by atoms with Crippen LogP contribution in [0.3, 0.4) is 0 Å². The van der Waals surface area contributed by atoms with Crippen LogP contribution in [-0.2, 0) is 14.8 Å². The summed E-state index contributed by atoms with van der Waals surface area (Å²) in [6, 6.07) is 17.3. The van der Waals surface area contributed by atoms with E-state index < -0.39 is 10.0 Å². The largest absolute Gasteiger partial charge is 0.341 e.